The smallest absolute Gasteiger partial charge is 0.248 e. The normalized spacial score (nSPS) is 10.0. The van der Waals surface area contributed by atoms with E-state index < -0.39 is 5.91 Å². The van der Waals surface area contributed by atoms with E-state index in [1.165, 1.54) is 0 Å². The van der Waals surface area contributed by atoms with E-state index in [-0.39, 0.29) is 0 Å². The molecule has 0 saturated heterocycles. The van der Waals surface area contributed by atoms with Crippen molar-refractivity contribution >= 4 is 17.3 Å². The Hall–Kier alpha value is -2.69. The molecule has 5 nitrogen and oxygen atoms in total. The summed E-state index contributed by atoms with van der Waals surface area (Å²) in [5, 5.41) is 3.19. The average Bonchev–Trinajstić information content (AvgIpc) is 2.46. The highest BCUT2D eigenvalue weighted by Gasteiger charge is 1.99. The van der Waals surface area contributed by atoms with Crippen molar-refractivity contribution in [1.29, 1.82) is 0 Å². The molecule has 0 saturated carbocycles. The fraction of sp³-hybridized carbons (Fsp3) is 0.133. The lowest BCUT2D eigenvalue weighted by molar-refractivity contribution is 0.100. The molecule has 1 amide bonds. The van der Waals surface area contributed by atoms with Crippen LogP contribution in [0.2, 0.25) is 0 Å². The summed E-state index contributed by atoms with van der Waals surface area (Å²) < 4.78 is 5.55. The standard InChI is InChI=1S/C15H17N3O2/c16-12-3-7-14(8-4-12)20-10-9-18-13-5-1-11(2-6-13)15(17)19/h1-8,18H,9-10,16H2,(H2,17,19). The third-order valence-electron chi connectivity index (χ3n) is 2.75. The SMILES string of the molecule is NC(=O)c1ccc(NCCOc2ccc(N)cc2)cc1. The first-order chi connectivity index (χ1) is 9.65. The van der Waals surface area contributed by atoms with Gasteiger partial charge >= 0.3 is 0 Å². The summed E-state index contributed by atoms with van der Waals surface area (Å²) >= 11 is 0. The van der Waals surface area contributed by atoms with Crippen LogP contribution in [0.3, 0.4) is 0 Å². The summed E-state index contributed by atoms with van der Waals surface area (Å²) in [6.45, 7) is 1.18. The molecule has 2 aromatic rings. The van der Waals surface area contributed by atoms with Crippen molar-refractivity contribution in [3.05, 3.63) is 54.1 Å². The third-order valence-corrected chi connectivity index (χ3v) is 2.75. The Morgan fingerprint density at radius 3 is 2.30 bits per heavy atom. The lowest BCUT2D eigenvalue weighted by Crippen LogP contribution is -2.13. The zero-order valence-electron chi connectivity index (χ0n) is 11.0. The Kier molecular flexibility index (Phi) is 4.44. The minimum atomic E-state index is -0.428. The fourth-order valence-electron chi connectivity index (χ4n) is 1.68. The van der Waals surface area contributed by atoms with E-state index in [2.05, 4.69) is 5.32 Å². The van der Waals surface area contributed by atoms with E-state index in [4.69, 9.17) is 16.2 Å². The molecular weight excluding hydrogens is 254 g/mol. The van der Waals surface area contributed by atoms with Gasteiger partial charge in [0, 0.05) is 23.5 Å². The van der Waals surface area contributed by atoms with Crippen molar-refractivity contribution in [3.8, 4) is 5.75 Å². The number of nitrogen functional groups attached to an aromatic ring is 1. The van der Waals surface area contributed by atoms with Crippen LogP contribution >= 0.6 is 0 Å². The number of ether oxygens (including phenoxy) is 1. The summed E-state index contributed by atoms with van der Waals surface area (Å²) in [5.41, 5.74) is 12.9. The van der Waals surface area contributed by atoms with Crippen LogP contribution in [0, 0.1) is 0 Å². The van der Waals surface area contributed by atoms with E-state index in [0.717, 1.165) is 11.4 Å². The molecule has 0 spiro atoms. The predicted molar refractivity (Wildman–Crippen MR) is 79.8 cm³/mol. The highest BCUT2D eigenvalue weighted by atomic mass is 16.5. The number of nitrogens with two attached hydrogens (primary N) is 2. The summed E-state index contributed by atoms with van der Waals surface area (Å²) in [6.07, 6.45) is 0. The Labute approximate surface area is 117 Å². The van der Waals surface area contributed by atoms with Crippen molar-refractivity contribution in [2.24, 2.45) is 5.73 Å². The second-order valence-corrected chi connectivity index (χ2v) is 4.29. The van der Waals surface area contributed by atoms with Crippen LogP contribution in [0.25, 0.3) is 0 Å². The van der Waals surface area contributed by atoms with Crippen molar-refractivity contribution in [2.45, 2.75) is 0 Å². The van der Waals surface area contributed by atoms with Crippen LogP contribution in [0.15, 0.2) is 48.5 Å². The number of carbonyl (C=O) groups excluding carboxylic acids is 1. The summed E-state index contributed by atoms with van der Waals surface area (Å²) in [4.78, 5) is 10.9. The summed E-state index contributed by atoms with van der Waals surface area (Å²) in [5.74, 6) is 0.355. The molecule has 0 aliphatic carbocycles. The Balaban J connectivity index is 1.75. The van der Waals surface area contributed by atoms with Crippen molar-refractivity contribution in [1.82, 2.24) is 0 Å². The van der Waals surface area contributed by atoms with Gasteiger partial charge in [-0.1, -0.05) is 0 Å². The van der Waals surface area contributed by atoms with Gasteiger partial charge in [0.2, 0.25) is 5.91 Å². The minimum absolute atomic E-state index is 0.428. The van der Waals surface area contributed by atoms with Crippen LogP contribution in [-0.4, -0.2) is 19.1 Å². The number of rotatable bonds is 6. The number of anilines is 2. The average molecular weight is 271 g/mol. The van der Waals surface area contributed by atoms with Crippen molar-refractivity contribution in [2.75, 3.05) is 24.2 Å². The lowest BCUT2D eigenvalue weighted by atomic mass is 10.2. The highest BCUT2D eigenvalue weighted by molar-refractivity contribution is 5.93. The Morgan fingerprint density at radius 1 is 1.05 bits per heavy atom. The molecule has 0 fully saturated rings. The molecule has 20 heavy (non-hydrogen) atoms. The number of amides is 1. The van der Waals surface area contributed by atoms with Gasteiger partial charge in [0.15, 0.2) is 0 Å². The van der Waals surface area contributed by atoms with Crippen LogP contribution < -0.4 is 21.5 Å². The van der Waals surface area contributed by atoms with Crippen molar-refractivity contribution < 1.29 is 9.53 Å². The molecule has 2 aromatic carbocycles. The van der Waals surface area contributed by atoms with Gasteiger partial charge in [0.1, 0.15) is 12.4 Å². The van der Waals surface area contributed by atoms with Crippen LogP contribution in [-0.2, 0) is 0 Å². The van der Waals surface area contributed by atoms with Crippen molar-refractivity contribution in [3.63, 3.8) is 0 Å². The Morgan fingerprint density at radius 2 is 1.70 bits per heavy atom. The van der Waals surface area contributed by atoms with E-state index in [1.54, 1.807) is 24.3 Å². The topological polar surface area (TPSA) is 90.4 Å². The zero-order valence-corrected chi connectivity index (χ0v) is 11.0. The van der Waals surface area contributed by atoms with Crippen LogP contribution in [0.5, 0.6) is 5.75 Å². The second kappa shape index (κ2) is 6.47. The molecule has 0 aliphatic heterocycles. The molecule has 0 unspecified atom stereocenters. The molecule has 104 valence electrons. The monoisotopic (exact) mass is 271 g/mol. The molecule has 0 aromatic heterocycles. The molecule has 0 atom stereocenters. The third kappa shape index (κ3) is 3.91. The number of hydrogen-bond acceptors (Lipinski definition) is 4. The van der Waals surface area contributed by atoms with Gasteiger partial charge < -0.3 is 21.5 Å². The molecule has 2 rings (SSSR count). The van der Waals surface area contributed by atoms with Gasteiger partial charge in [-0.3, -0.25) is 4.79 Å². The highest BCUT2D eigenvalue weighted by Crippen LogP contribution is 2.13. The number of primary amides is 1. The molecule has 0 aliphatic rings. The second-order valence-electron chi connectivity index (χ2n) is 4.29. The zero-order chi connectivity index (χ0) is 14.4. The maximum absolute atomic E-state index is 10.9. The van der Waals surface area contributed by atoms with Gasteiger partial charge in [-0.2, -0.15) is 0 Å². The van der Waals surface area contributed by atoms with E-state index in [0.29, 0.717) is 24.4 Å². The number of carbonyl (C=O) groups is 1. The quantitative estimate of drug-likeness (QED) is 0.552. The van der Waals surface area contributed by atoms with Crippen LogP contribution in [0.1, 0.15) is 10.4 Å². The largest absolute Gasteiger partial charge is 0.492 e. The maximum Gasteiger partial charge on any atom is 0.248 e. The van der Waals surface area contributed by atoms with E-state index in [1.807, 2.05) is 24.3 Å². The molecule has 0 radical (unpaired) electrons. The van der Waals surface area contributed by atoms with Gasteiger partial charge in [0.05, 0.1) is 0 Å². The van der Waals surface area contributed by atoms with Gasteiger partial charge in [-0.25, -0.2) is 0 Å². The van der Waals surface area contributed by atoms with Gasteiger partial charge in [-0.15, -0.1) is 0 Å². The van der Waals surface area contributed by atoms with Gasteiger partial charge in [0.25, 0.3) is 0 Å². The minimum Gasteiger partial charge on any atom is -0.492 e. The maximum atomic E-state index is 10.9. The van der Waals surface area contributed by atoms with E-state index >= 15 is 0 Å². The first-order valence-electron chi connectivity index (χ1n) is 6.27. The number of hydrogen-bond donors (Lipinski definition) is 3. The van der Waals surface area contributed by atoms with E-state index in [9.17, 15) is 4.79 Å². The summed E-state index contributed by atoms with van der Waals surface area (Å²) in [7, 11) is 0. The molecular formula is C15H17N3O2. The first kappa shape index (κ1) is 13.7. The fourth-order valence-corrected chi connectivity index (χ4v) is 1.68. The molecule has 5 heteroatoms. The predicted octanol–water partition coefficient (Wildman–Crippen LogP) is 1.86. The van der Waals surface area contributed by atoms with Crippen LogP contribution in [0.4, 0.5) is 11.4 Å². The molecule has 0 heterocycles. The lowest BCUT2D eigenvalue weighted by Gasteiger charge is -2.09. The number of benzene rings is 2. The Bertz CT molecular complexity index is 565. The van der Waals surface area contributed by atoms with Gasteiger partial charge in [-0.05, 0) is 48.5 Å². The molecule has 5 N–H and O–H groups in total. The summed E-state index contributed by atoms with van der Waals surface area (Å²) in [6, 6.07) is 14.2. The first-order valence-corrected chi connectivity index (χ1v) is 6.27. The number of nitrogens with one attached hydrogen (secondary N) is 1. The molecule has 0 bridgehead atoms.